The molecule has 0 saturated carbocycles. The van der Waals surface area contributed by atoms with Crippen molar-refractivity contribution in [1.29, 1.82) is 0 Å². The van der Waals surface area contributed by atoms with Crippen LogP contribution in [0.25, 0.3) is 11.0 Å². The highest BCUT2D eigenvalue weighted by atomic mass is 16.2. The van der Waals surface area contributed by atoms with Crippen LogP contribution in [0.5, 0.6) is 0 Å². The molecule has 0 fully saturated rings. The Labute approximate surface area is 187 Å². The van der Waals surface area contributed by atoms with Gasteiger partial charge in [-0.05, 0) is 56.6 Å². The summed E-state index contributed by atoms with van der Waals surface area (Å²) in [7, 11) is 4.06. The van der Waals surface area contributed by atoms with Crippen molar-refractivity contribution in [2.75, 3.05) is 26.0 Å². The lowest BCUT2D eigenvalue weighted by atomic mass is 10.0. The predicted octanol–water partition coefficient (Wildman–Crippen LogP) is 2.97. The van der Waals surface area contributed by atoms with Gasteiger partial charge in [0.15, 0.2) is 5.65 Å². The third kappa shape index (κ3) is 5.13. The van der Waals surface area contributed by atoms with E-state index in [4.69, 9.17) is 0 Å². The molecule has 0 radical (unpaired) electrons. The molecule has 2 heterocycles. The van der Waals surface area contributed by atoms with Crippen LogP contribution in [0.4, 0.5) is 5.69 Å². The van der Waals surface area contributed by atoms with Crippen LogP contribution in [-0.2, 0) is 13.0 Å². The van der Waals surface area contributed by atoms with Crippen molar-refractivity contribution >= 4 is 22.6 Å². The van der Waals surface area contributed by atoms with Crippen molar-refractivity contribution in [3.05, 3.63) is 68.0 Å². The molecule has 0 aliphatic carbocycles. The summed E-state index contributed by atoms with van der Waals surface area (Å²) in [5.74, 6) is -0.390. The van der Waals surface area contributed by atoms with E-state index in [1.807, 2.05) is 59.1 Å². The summed E-state index contributed by atoms with van der Waals surface area (Å²) in [6.45, 7) is 7.19. The van der Waals surface area contributed by atoms with Crippen molar-refractivity contribution < 1.29 is 4.79 Å². The van der Waals surface area contributed by atoms with E-state index >= 15 is 0 Å². The molecule has 0 aliphatic heterocycles. The molecule has 3 rings (SSSR count). The minimum atomic E-state index is -0.607. The van der Waals surface area contributed by atoms with Crippen LogP contribution in [0.3, 0.4) is 0 Å². The molecular formula is C24H31N5O3. The first-order valence-corrected chi connectivity index (χ1v) is 10.9. The molecule has 0 bridgehead atoms. The van der Waals surface area contributed by atoms with E-state index in [1.165, 1.54) is 10.1 Å². The number of aromatic amines is 1. The topological polar surface area (TPSA) is 100 Å². The number of aromatic nitrogens is 3. The van der Waals surface area contributed by atoms with Gasteiger partial charge in [0.25, 0.3) is 11.5 Å². The van der Waals surface area contributed by atoms with Crippen molar-refractivity contribution in [1.82, 2.24) is 19.4 Å². The average molecular weight is 438 g/mol. The molecule has 8 nitrogen and oxygen atoms in total. The van der Waals surface area contributed by atoms with Gasteiger partial charge in [0, 0.05) is 24.5 Å². The Morgan fingerprint density at radius 3 is 2.47 bits per heavy atom. The molecule has 170 valence electrons. The number of rotatable bonds is 8. The van der Waals surface area contributed by atoms with Gasteiger partial charge in [-0.15, -0.1) is 0 Å². The molecule has 3 aromatic rings. The standard InChI is InChI=1S/C24H31N5O3/c1-6-12-29-21-20(23(31)27-24(29)32)18(14-19(26-21)15(2)3)22(30)25-17-9-7-16(8-10-17)11-13-28(4)5/h7-10,14-15H,6,11-13H2,1-5H3,(H,25,30)(H,27,31,32). The maximum absolute atomic E-state index is 13.2. The number of H-pyrrole nitrogens is 1. The molecule has 0 aliphatic rings. The van der Waals surface area contributed by atoms with E-state index in [9.17, 15) is 14.4 Å². The monoisotopic (exact) mass is 437 g/mol. The Hall–Kier alpha value is -3.26. The van der Waals surface area contributed by atoms with Gasteiger partial charge in [0.1, 0.15) is 0 Å². The number of aryl methyl sites for hydroxylation is 1. The Morgan fingerprint density at radius 2 is 1.88 bits per heavy atom. The smallest absolute Gasteiger partial charge is 0.322 e. The van der Waals surface area contributed by atoms with Crippen molar-refractivity contribution in [2.24, 2.45) is 0 Å². The number of benzene rings is 1. The Kier molecular flexibility index (Phi) is 7.25. The Balaban J connectivity index is 2.03. The van der Waals surface area contributed by atoms with Gasteiger partial charge in [0.2, 0.25) is 0 Å². The van der Waals surface area contributed by atoms with E-state index in [0.29, 0.717) is 24.3 Å². The fourth-order valence-corrected chi connectivity index (χ4v) is 3.51. The van der Waals surface area contributed by atoms with Gasteiger partial charge in [-0.25, -0.2) is 9.78 Å². The summed E-state index contributed by atoms with van der Waals surface area (Å²) < 4.78 is 1.43. The molecule has 0 spiro atoms. The molecule has 2 N–H and O–H groups in total. The van der Waals surface area contributed by atoms with Gasteiger partial charge in [-0.1, -0.05) is 32.9 Å². The minimum absolute atomic E-state index is 0.0198. The Morgan fingerprint density at radius 1 is 1.19 bits per heavy atom. The number of anilines is 1. The number of hydrogen-bond acceptors (Lipinski definition) is 5. The van der Waals surface area contributed by atoms with E-state index in [1.54, 1.807) is 6.07 Å². The van der Waals surface area contributed by atoms with Gasteiger partial charge >= 0.3 is 5.69 Å². The number of likely N-dealkylation sites (N-methyl/N-ethyl adjacent to an activating group) is 1. The van der Waals surface area contributed by atoms with Gasteiger partial charge < -0.3 is 10.2 Å². The van der Waals surface area contributed by atoms with Crippen molar-refractivity contribution in [2.45, 2.75) is 46.1 Å². The molecule has 1 amide bonds. The van der Waals surface area contributed by atoms with Gasteiger partial charge in [-0.2, -0.15) is 0 Å². The van der Waals surface area contributed by atoms with Crippen LogP contribution in [-0.4, -0.2) is 46.0 Å². The number of nitrogens with zero attached hydrogens (tertiary/aromatic N) is 3. The minimum Gasteiger partial charge on any atom is -0.322 e. The Bertz CT molecular complexity index is 1220. The maximum atomic E-state index is 13.2. The number of nitrogens with one attached hydrogen (secondary N) is 2. The first kappa shape index (κ1) is 23.4. The molecule has 0 unspecified atom stereocenters. The molecular weight excluding hydrogens is 406 g/mol. The van der Waals surface area contributed by atoms with E-state index < -0.39 is 17.2 Å². The first-order chi connectivity index (χ1) is 15.2. The molecule has 1 aromatic carbocycles. The molecule has 32 heavy (non-hydrogen) atoms. The highest BCUT2D eigenvalue weighted by Crippen LogP contribution is 2.21. The lowest BCUT2D eigenvalue weighted by Gasteiger charge is -2.15. The number of amides is 1. The molecule has 2 aromatic heterocycles. The largest absolute Gasteiger partial charge is 0.329 e. The number of pyridine rings is 1. The summed E-state index contributed by atoms with van der Waals surface area (Å²) in [6, 6.07) is 9.31. The third-order valence-corrected chi connectivity index (χ3v) is 5.31. The van der Waals surface area contributed by atoms with E-state index in [0.717, 1.165) is 13.0 Å². The van der Waals surface area contributed by atoms with Crippen LogP contribution >= 0.6 is 0 Å². The average Bonchev–Trinajstić information content (AvgIpc) is 2.75. The van der Waals surface area contributed by atoms with Crippen molar-refractivity contribution in [3.63, 3.8) is 0 Å². The normalized spacial score (nSPS) is 11.5. The van der Waals surface area contributed by atoms with E-state index in [-0.39, 0.29) is 22.5 Å². The summed E-state index contributed by atoms with van der Waals surface area (Å²) in [4.78, 5) is 47.3. The van der Waals surface area contributed by atoms with Crippen molar-refractivity contribution in [3.8, 4) is 0 Å². The fourth-order valence-electron chi connectivity index (χ4n) is 3.51. The zero-order chi connectivity index (χ0) is 23.4. The lowest BCUT2D eigenvalue weighted by molar-refractivity contribution is 0.102. The number of hydrogen-bond donors (Lipinski definition) is 2. The quantitative estimate of drug-likeness (QED) is 0.564. The van der Waals surface area contributed by atoms with Gasteiger partial charge in [0.05, 0.1) is 10.9 Å². The van der Waals surface area contributed by atoms with Crippen LogP contribution in [0, 0.1) is 0 Å². The second-order valence-electron chi connectivity index (χ2n) is 8.56. The zero-order valence-corrected chi connectivity index (χ0v) is 19.4. The van der Waals surface area contributed by atoms with Crippen LogP contribution in [0.15, 0.2) is 39.9 Å². The highest BCUT2D eigenvalue weighted by Gasteiger charge is 2.20. The van der Waals surface area contributed by atoms with Crippen LogP contribution in [0.2, 0.25) is 0 Å². The van der Waals surface area contributed by atoms with Crippen LogP contribution < -0.4 is 16.6 Å². The van der Waals surface area contributed by atoms with Gasteiger partial charge in [-0.3, -0.25) is 19.1 Å². The zero-order valence-electron chi connectivity index (χ0n) is 19.4. The maximum Gasteiger partial charge on any atom is 0.329 e. The lowest BCUT2D eigenvalue weighted by Crippen LogP contribution is -2.32. The first-order valence-electron chi connectivity index (χ1n) is 10.9. The summed E-state index contributed by atoms with van der Waals surface area (Å²) in [6.07, 6.45) is 1.61. The number of carbonyl (C=O) groups is 1. The fraction of sp³-hybridized carbons (Fsp3) is 0.417. The summed E-state index contributed by atoms with van der Waals surface area (Å²) in [5, 5.41) is 3.01. The highest BCUT2D eigenvalue weighted by molar-refractivity contribution is 6.11. The molecule has 0 saturated heterocycles. The van der Waals surface area contributed by atoms with Crippen LogP contribution in [0.1, 0.15) is 54.7 Å². The molecule has 0 atom stereocenters. The van der Waals surface area contributed by atoms with E-state index in [2.05, 4.69) is 20.2 Å². The summed E-state index contributed by atoms with van der Waals surface area (Å²) in [5.41, 5.74) is 1.79. The predicted molar refractivity (Wildman–Crippen MR) is 128 cm³/mol. The SMILES string of the molecule is CCCn1c(=O)[nH]c(=O)c2c(C(=O)Nc3ccc(CCN(C)C)cc3)cc(C(C)C)nc21. The molecule has 8 heteroatoms. The second-order valence-corrected chi connectivity index (χ2v) is 8.56. The number of carbonyl (C=O) groups excluding carboxylic acids is 1. The third-order valence-electron chi connectivity index (χ3n) is 5.31. The summed E-state index contributed by atoms with van der Waals surface area (Å²) >= 11 is 0. The number of fused-ring (bicyclic) bond motifs is 1. The second kappa shape index (κ2) is 9.91.